The fourth-order valence-electron chi connectivity index (χ4n) is 5.37. The Balaban J connectivity index is 1.27. The molecule has 4 heterocycles. The van der Waals surface area contributed by atoms with Gasteiger partial charge in [0.05, 0.1) is 0 Å². The summed E-state index contributed by atoms with van der Waals surface area (Å²) in [7, 11) is 0. The Kier molecular flexibility index (Phi) is 8.40. The molecule has 234 valence electrons. The summed E-state index contributed by atoms with van der Waals surface area (Å²) in [5.41, 5.74) is 8.74. The van der Waals surface area contributed by atoms with Crippen molar-refractivity contribution < 1.29 is 31.6 Å². The number of fused-ring (bicyclic) bond motifs is 1. The maximum absolute atomic E-state index is 14.9. The summed E-state index contributed by atoms with van der Waals surface area (Å²) in [6.07, 6.45) is 4.35. The van der Waals surface area contributed by atoms with Gasteiger partial charge in [0.2, 0.25) is 11.9 Å². The summed E-state index contributed by atoms with van der Waals surface area (Å²) >= 11 is 0. The van der Waals surface area contributed by atoms with Crippen molar-refractivity contribution in [2.75, 3.05) is 18.8 Å². The summed E-state index contributed by atoms with van der Waals surface area (Å²) in [6.45, 7) is -0.0364. The quantitative estimate of drug-likeness (QED) is 0.108. The number of likely N-dealkylation sites (tertiary alicyclic amines) is 1. The van der Waals surface area contributed by atoms with Crippen molar-refractivity contribution in [1.29, 1.82) is 0 Å². The molecule has 1 amide bonds. The highest BCUT2D eigenvalue weighted by Gasteiger charge is 2.35. The highest BCUT2D eigenvalue weighted by Crippen LogP contribution is 2.37. The maximum atomic E-state index is 14.9. The number of carbonyl (C=O) groups is 2. The zero-order valence-electron chi connectivity index (χ0n) is 24.5. The summed E-state index contributed by atoms with van der Waals surface area (Å²) in [6, 6.07) is 17.7. The molecule has 5 aromatic rings. The van der Waals surface area contributed by atoms with Crippen molar-refractivity contribution in [1.82, 2.24) is 14.9 Å². The van der Waals surface area contributed by atoms with Crippen molar-refractivity contribution in [2.24, 2.45) is 0 Å². The number of pyridine rings is 2. The van der Waals surface area contributed by atoms with Gasteiger partial charge in [-0.15, -0.1) is 0 Å². The van der Waals surface area contributed by atoms with E-state index >= 15 is 0 Å². The smallest absolute Gasteiger partial charge is 0.253 e. The van der Waals surface area contributed by atoms with Crippen LogP contribution in [0, 0.1) is 11.9 Å². The second-order valence-corrected chi connectivity index (χ2v) is 11.2. The van der Waals surface area contributed by atoms with Gasteiger partial charge in [-0.3, -0.25) is 9.59 Å². The zero-order valence-corrected chi connectivity index (χ0v) is 24.5. The normalized spacial score (nSPS) is 14.7. The predicted octanol–water partition coefficient (Wildman–Crippen LogP) is 7.50. The largest absolute Gasteiger partial charge is 0.460 e. The number of aromatic nitrogens is 2. The monoisotopic (exact) mass is 628 g/mol. The number of alkyl halides is 2. The molecule has 0 aliphatic carbocycles. The molecule has 3 aromatic heterocycles. The fraction of sp³-hybridized carbons (Fsp3) is 0.200. The number of piperidine rings is 1. The minimum Gasteiger partial charge on any atom is -0.460 e. The van der Waals surface area contributed by atoms with Crippen LogP contribution in [0.5, 0.6) is 0 Å². The molecule has 0 unspecified atom stereocenters. The molecule has 1 aliphatic heterocycles. The minimum atomic E-state index is -2.76. The number of nitrogens with two attached hydrogens (primary N) is 1. The molecule has 0 spiro atoms. The number of anilines is 1. The molecule has 2 aromatic carbocycles. The Labute approximate surface area is 261 Å². The SMILES string of the molecule is Nc1ccc(/C=C/C(=O)CCc2cc3cc(-c4ccc(C(=O)N5CCC(F)(F)CC5)cc4)cc(-c4ccc(F)nc4F)c3o2)cn1. The number of amides is 1. The van der Waals surface area contributed by atoms with Crippen molar-refractivity contribution in [3.8, 4) is 22.3 Å². The molecule has 0 radical (unpaired) electrons. The van der Waals surface area contributed by atoms with Gasteiger partial charge in [-0.1, -0.05) is 12.1 Å². The molecule has 0 atom stereocenters. The first kappa shape index (κ1) is 30.7. The molecule has 11 heteroatoms. The van der Waals surface area contributed by atoms with Gasteiger partial charge in [0.15, 0.2) is 5.78 Å². The molecular formula is C35H28F4N4O3. The van der Waals surface area contributed by atoms with Crippen LogP contribution >= 0.6 is 0 Å². The number of halogens is 4. The number of nitrogen functional groups attached to an aromatic ring is 1. The van der Waals surface area contributed by atoms with Gasteiger partial charge in [-0.2, -0.15) is 13.8 Å². The van der Waals surface area contributed by atoms with E-state index in [1.165, 1.54) is 17.0 Å². The van der Waals surface area contributed by atoms with Gasteiger partial charge in [-0.25, -0.2) is 13.8 Å². The van der Waals surface area contributed by atoms with E-state index < -0.39 is 17.8 Å². The van der Waals surface area contributed by atoms with Crippen molar-refractivity contribution in [3.05, 3.63) is 108 Å². The van der Waals surface area contributed by atoms with E-state index in [0.29, 0.717) is 44.8 Å². The lowest BCUT2D eigenvalue weighted by Gasteiger charge is -2.31. The van der Waals surface area contributed by atoms with Gasteiger partial charge in [0.25, 0.3) is 11.8 Å². The Morgan fingerprint density at radius 1 is 0.935 bits per heavy atom. The van der Waals surface area contributed by atoms with Gasteiger partial charge < -0.3 is 15.1 Å². The van der Waals surface area contributed by atoms with Crippen LogP contribution in [0.25, 0.3) is 39.3 Å². The van der Waals surface area contributed by atoms with Crippen molar-refractivity contribution in [2.45, 2.75) is 31.6 Å². The number of nitrogens with zero attached hydrogens (tertiary/aromatic N) is 3. The maximum Gasteiger partial charge on any atom is 0.253 e. The number of hydrogen-bond donors (Lipinski definition) is 1. The van der Waals surface area contributed by atoms with Crippen LogP contribution in [-0.2, 0) is 11.2 Å². The van der Waals surface area contributed by atoms with E-state index in [2.05, 4.69) is 9.97 Å². The Morgan fingerprint density at radius 2 is 1.70 bits per heavy atom. The van der Waals surface area contributed by atoms with E-state index in [0.717, 1.165) is 11.6 Å². The summed E-state index contributed by atoms with van der Waals surface area (Å²) in [4.78, 5) is 34.2. The van der Waals surface area contributed by atoms with E-state index in [-0.39, 0.29) is 56.0 Å². The van der Waals surface area contributed by atoms with Crippen LogP contribution in [0.2, 0.25) is 0 Å². The Hall–Kier alpha value is -5.32. The first-order chi connectivity index (χ1) is 22.0. The zero-order chi connectivity index (χ0) is 32.4. The lowest BCUT2D eigenvalue weighted by Crippen LogP contribution is -2.42. The predicted molar refractivity (Wildman–Crippen MR) is 166 cm³/mol. The summed E-state index contributed by atoms with van der Waals surface area (Å²) in [5, 5.41) is 0.622. The molecule has 46 heavy (non-hydrogen) atoms. The number of carbonyl (C=O) groups excluding carboxylic acids is 2. The average Bonchev–Trinajstić information content (AvgIpc) is 3.46. The lowest BCUT2D eigenvalue weighted by atomic mass is 9.96. The molecule has 0 bridgehead atoms. The highest BCUT2D eigenvalue weighted by molar-refractivity contribution is 5.98. The lowest BCUT2D eigenvalue weighted by molar-refractivity contribution is -0.114. The first-order valence-corrected chi connectivity index (χ1v) is 14.6. The molecule has 1 saturated heterocycles. The van der Waals surface area contributed by atoms with E-state index in [4.69, 9.17) is 10.2 Å². The second kappa shape index (κ2) is 12.6. The van der Waals surface area contributed by atoms with Crippen LogP contribution in [0.4, 0.5) is 23.4 Å². The number of rotatable bonds is 8. The van der Waals surface area contributed by atoms with E-state index in [9.17, 15) is 27.2 Å². The number of allylic oxidation sites excluding steroid dienone is 1. The number of aryl methyl sites for hydroxylation is 1. The minimum absolute atomic E-state index is 0.0182. The summed E-state index contributed by atoms with van der Waals surface area (Å²) in [5.74, 6) is -4.33. The Morgan fingerprint density at radius 3 is 2.39 bits per heavy atom. The third kappa shape index (κ3) is 6.83. The van der Waals surface area contributed by atoms with Gasteiger partial charge in [-0.05, 0) is 83.4 Å². The van der Waals surface area contributed by atoms with Gasteiger partial charge in [0.1, 0.15) is 17.2 Å². The van der Waals surface area contributed by atoms with E-state index in [1.807, 2.05) is 6.07 Å². The molecule has 7 nitrogen and oxygen atoms in total. The molecule has 0 saturated carbocycles. The number of furan rings is 1. The molecular weight excluding hydrogens is 600 g/mol. The van der Waals surface area contributed by atoms with E-state index in [1.54, 1.807) is 60.8 Å². The number of benzene rings is 2. The summed E-state index contributed by atoms with van der Waals surface area (Å²) < 4.78 is 61.8. The number of hydrogen-bond acceptors (Lipinski definition) is 6. The third-order valence-corrected chi connectivity index (χ3v) is 7.91. The Bertz CT molecular complexity index is 1940. The van der Waals surface area contributed by atoms with Crippen LogP contribution in [0.3, 0.4) is 0 Å². The first-order valence-electron chi connectivity index (χ1n) is 14.6. The second-order valence-electron chi connectivity index (χ2n) is 11.2. The molecule has 6 rings (SSSR count). The number of ketones is 1. The van der Waals surface area contributed by atoms with Crippen LogP contribution in [0.1, 0.15) is 40.9 Å². The van der Waals surface area contributed by atoms with Gasteiger partial charge >= 0.3 is 0 Å². The van der Waals surface area contributed by atoms with Crippen LogP contribution in [0.15, 0.2) is 83.4 Å². The molecule has 1 fully saturated rings. The standard InChI is InChI=1S/C35H28F4N4O3/c36-30-11-10-28(33(37)42-30)29-19-24(22-3-5-23(6-4-22)34(45)43-15-13-35(38,39)14-16-43)17-25-18-27(46-32(25)29)9-8-26(44)7-1-21-2-12-31(40)41-20-21/h1-7,10-12,17-20H,8-9,13-16H2,(H2,40,41)/b7-1+. The average molecular weight is 629 g/mol. The van der Waals surface area contributed by atoms with Crippen LogP contribution in [-0.4, -0.2) is 45.6 Å². The molecule has 1 aliphatic rings. The van der Waals surface area contributed by atoms with Crippen LogP contribution < -0.4 is 5.73 Å². The topological polar surface area (TPSA) is 102 Å². The van der Waals surface area contributed by atoms with Crippen molar-refractivity contribution >= 4 is 34.6 Å². The molecule has 2 N–H and O–H groups in total. The highest BCUT2D eigenvalue weighted by atomic mass is 19.3. The van der Waals surface area contributed by atoms with Gasteiger partial charge in [0, 0.05) is 67.0 Å². The fourth-order valence-corrected chi connectivity index (χ4v) is 5.37. The van der Waals surface area contributed by atoms with Crippen molar-refractivity contribution in [3.63, 3.8) is 0 Å². The third-order valence-electron chi connectivity index (χ3n) is 7.91.